The first-order valence-electron chi connectivity index (χ1n) is 10.2. The highest BCUT2D eigenvalue weighted by atomic mass is 35.5. The van der Waals surface area contributed by atoms with Gasteiger partial charge >= 0.3 is 0 Å². The van der Waals surface area contributed by atoms with Gasteiger partial charge in [-0.15, -0.1) is 0 Å². The average Bonchev–Trinajstić information content (AvgIpc) is 2.71. The maximum atomic E-state index is 12.7. The van der Waals surface area contributed by atoms with Crippen LogP contribution in [0.2, 0.25) is 10.0 Å². The van der Waals surface area contributed by atoms with E-state index in [1.54, 1.807) is 48.2 Å². The Balaban J connectivity index is 1.41. The Morgan fingerprint density at radius 3 is 2.47 bits per heavy atom. The molecule has 2 aromatic rings. The number of hydrogen-bond donors (Lipinski definition) is 1. The maximum absolute atomic E-state index is 12.7. The second kappa shape index (κ2) is 9.00. The van der Waals surface area contributed by atoms with Crippen LogP contribution < -0.4 is 14.8 Å². The van der Waals surface area contributed by atoms with Crippen LogP contribution in [0.3, 0.4) is 0 Å². The fourth-order valence-corrected chi connectivity index (χ4v) is 4.57. The van der Waals surface area contributed by atoms with Crippen LogP contribution in [-0.2, 0) is 9.59 Å². The molecule has 4 rings (SSSR count). The van der Waals surface area contributed by atoms with E-state index in [-0.39, 0.29) is 30.6 Å². The molecule has 0 aromatic heterocycles. The molecular weight excluding hydrogens is 455 g/mol. The third-order valence-electron chi connectivity index (χ3n) is 5.70. The summed E-state index contributed by atoms with van der Waals surface area (Å²) in [5.74, 6) is 0.498. The molecule has 2 amide bonds. The number of nitrogens with one attached hydrogen (secondary N) is 1. The van der Waals surface area contributed by atoms with Crippen molar-refractivity contribution in [2.24, 2.45) is 0 Å². The number of carbonyl (C=O) groups is 3. The van der Waals surface area contributed by atoms with Crippen LogP contribution in [0.25, 0.3) is 0 Å². The summed E-state index contributed by atoms with van der Waals surface area (Å²) in [5.41, 5.74) is 0.349. The Bertz CT molecular complexity index is 1060. The first kappa shape index (κ1) is 22.4. The molecule has 1 N–H and O–H groups in total. The molecule has 0 aliphatic carbocycles. The Labute approximate surface area is 195 Å². The SMILES string of the molecule is CC(=O)N1CCC2(CC1)CC(=O)c1ccc(OCC(=O)Nc3cc(Cl)cc(Cl)c3)cc1O2. The zero-order chi connectivity index (χ0) is 22.9. The maximum Gasteiger partial charge on any atom is 0.262 e. The number of carbonyl (C=O) groups excluding carboxylic acids is 3. The van der Waals surface area contributed by atoms with Crippen LogP contribution in [-0.4, -0.2) is 47.8 Å². The number of rotatable bonds is 4. The Morgan fingerprint density at radius 2 is 1.81 bits per heavy atom. The van der Waals surface area contributed by atoms with Gasteiger partial charge < -0.3 is 19.7 Å². The van der Waals surface area contributed by atoms with Crippen molar-refractivity contribution >= 4 is 46.5 Å². The number of likely N-dealkylation sites (tertiary alicyclic amines) is 1. The Hall–Kier alpha value is -2.77. The van der Waals surface area contributed by atoms with Crippen LogP contribution in [0.1, 0.15) is 36.5 Å². The van der Waals surface area contributed by atoms with Gasteiger partial charge in [0.1, 0.15) is 17.1 Å². The van der Waals surface area contributed by atoms with Crippen LogP contribution >= 0.6 is 23.2 Å². The third kappa shape index (κ3) is 5.00. The molecule has 0 atom stereocenters. The minimum Gasteiger partial charge on any atom is -0.486 e. The van der Waals surface area contributed by atoms with Gasteiger partial charge in [-0.05, 0) is 30.3 Å². The van der Waals surface area contributed by atoms with Gasteiger partial charge in [0.15, 0.2) is 12.4 Å². The predicted octanol–water partition coefficient (Wildman–Crippen LogP) is 4.36. The molecule has 1 spiro atoms. The molecule has 1 fully saturated rings. The number of nitrogens with zero attached hydrogens (tertiary/aromatic N) is 1. The summed E-state index contributed by atoms with van der Waals surface area (Å²) in [4.78, 5) is 38.3. The summed E-state index contributed by atoms with van der Waals surface area (Å²) in [5, 5.41) is 3.49. The van der Waals surface area contributed by atoms with E-state index in [9.17, 15) is 14.4 Å². The van der Waals surface area contributed by atoms with Crippen LogP contribution in [0.4, 0.5) is 5.69 Å². The number of halogens is 2. The quantitative estimate of drug-likeness (QED) is 0.708. The largest absolute Gasteiger partial charge is 0.486 e. The van der Waals surface area contributed by atoms with Crippen molar-refractivity contribution in [3.8, 4) is 11.5 Å². The van der Waals surface area contributed by atoms with Crippen LogP contribution in [0.15, 0.2) is 36.4 Å². The second-order valence-electron chi connectivity index (χ2n) is 8.04. The molecule has 2 aromatic carbocycles. The molecule has 2 aliphatic heterocycles. The van der Waals surface area contributed by atoms with Crippen molar-refractivity contribution in [2.45, 2.75) is 31.8 Å². The van der Waals surface area contributed by atoms with E-state index in [4.69, 9.17) is 32.7 Å². The normalized spacial score (nSPS) is 16.8. The fourth-order valence-electron chi connectivity index (χ4n) is 4.04. The lowest BCUT2D eigenvalue weighted by Gasteiger charge is -2.43. The number of benzene rings is 2. The van der Waals surface area contributed by atoms with E-state index >= 15 is 0 Å². The molecule has 1 saturated heterocycles. The molecule has 32 heavy (non-hydrogen) atoms. The van der Waals surface area contributed by atoms with Crippen molar-refractivity contribution in [3.05, 3.63) is 52.0 Å². The first-order valence-corrected chi connectivity index (χ1v) is 11.0. The monoisotopic (exact) mass is 476 g/mol. The van der Waals surface area contributed by atoms with Gasteiger partial charge in [0.25, 0.3) is 5.91 Å². The lowest BCUT2D eigenvalue weighted by molar-refractivity contribution is -0.132. The van der Waals surface area contributed by atoms with Gasteiger partial charge in [0.05, 0.1) is 12.0 Å². The van der Waals surface area contributed by atoms with E-state index in [0.29, 0.717) is 58.7 Å². The first-order chi connectivity index (χ1) is 15.2. The highest BCUT2D eigenvalue weighted by molar-refractivity contribution is 6.35. The summed E-state index contributed by atoms with van der Waals surface area (Å²) in [6.07, 6.45) is 1.47. The number of ether oxygens (including phenoxy) is 2. The summed E-state index contributed by atoms with van der Waals surface area (Å²) in [7, 11) is 0. The molecule has 0 unspecified atom stereocenters. The number of hydrogen-bond acceptors (Lipinski definition) is 5. The van der Waals surface area contributed by atoms with Gasteiger partial charge in [0.2, 0.25) is 5.91 Å². The molecular formula is C23H22Cl2N2O5. The van der Waals surface area contributed by atoms with Gasteiger partial charge in [-0.2, -0.15) is 0 Å². The minimum absolute atomic E-state index is 0.00431. The Kier molecular flexibility index (Phi) is 6.31. The number of anilines is 1. The minimum atomic E-state index is -0.613. The summed E-state index contributed by atoms with van der Waals surface area (Å²) in [6.45, 7) is 2.42. The zero-order valence-corrected chi connectivity index (χ0v) is 19.0. The molecule has 168 valence electrons. The highest BCUT2D eigenvalue weighted by Crippen LogP contribution is 2.40. The zero-order valence-electron chi connectivity index (χ0n) is 17.5. The third-order valence-corrected chi connectivity index (χ3v) is 6.14. The number of ketones is 1. The Morgan fingerprint density at radius 1 is 1.12 bits per heavy atom. The molecule has 0 saturated carbocycles. The topological polar surface area (TPSA) is 84.9 Å². The average molecular weight is 477 g/mol. The fraction of sp³-hybridized carbons (Fsp3) is 0.348. The van der Waals surface area contributed by atoms with Crippen molar-refractivity contribution in [1.29, 1.82) is 0 Å². The molecule has 0 bridgehead atoms. The van der Waals surface area contributed by atoms with Gasteiger partial charge in [0, 0.05) is 54.7 Å². The van der Waals surface area contributed by atoms with Crippen molar-refractivity contribution in [3.63, 3.8) is 0 Å². The van der Waals surface area contributed by atoms with Crippen LogP contribution in [0, 0.1) is 0 Å². The smallest absolute Gasteiger partial charge is 0.262 e. The standard InChI is InChI=1S/C23H22Cl2N2O5/c1-14(28)27-6-4-23(5-7-27)12-20(29)19-3-2-18(11-21(19)32-23)31-13-22(30)26-17-9-15(24)8-16(25)10-17/h2-3,8-11H,4-7,12-13H2,1H3,(H,26,30). The lowest BCUT2D eigenvalue weighted by atomic mass is 9.82. The summed E-state index contributed by atoms with van der Waals surface area (Å²) in [6, 6.07) is 9.66. The highest BCUT2D eigenvalue weighted by Gasteiger charge is 2.43. The van der Waals surface area contributed by atoms with Crippen molar-refractivity contribution in [2.75, 3.05) is 25.0 Å². The van der Waals surface area contributed by atoms with E-state index in [1.165, 1.54) is 0 Å². The van der Waals surface area contributed by atoms with Crippen LogP contribution in [0.5, 0.6) is 11.5 Å². The number of piperidine rings is 1. The van der Waals surface area contributed by atoms with E-state index in [2.05, 4.69) is 5.32 Å². The summed E-state index contributed by atoms with van der Waals surface area (Å²) < 4.78 is 11.9. The van der Waals surface area contributed by atoms with E-state index in [0.717, 1.165) is 0 Å². The predicted molar refractivity (Wildman–Crippen MR) is 121 cm³/mol. The van der Waals surface area contributed by atoms with Gasteiger partial charge in [-0.25, -0.2) is 0 Å². The molecule has 9 heteroatoms. The van der Waals surface area contributed by atoms with E-state index < -0.39 is 5.60 Å². The molecule has 7 nitrogen and oxygen atoms in total. The molecule has 2 aliphatic rings. The van der Waals surface area contributed by atoms with Crippen molar-refractivity contribution in [1.82, 2.24) is 4.90 Å². The number of Topliss-reactive ketones (excluding diaryl/α,β-unsaturated/α-hetero) is 1. The second-order valence-corrected chi connectivity index (χ2v) is 8.92. The summed E-state index contributed by atoms with van der Waals surface area (Å²) >= 11 is 11.9. The number of amides is 2. The lowest BCUT2D eigenvalue weighted by Crippen LogP contribution is -2.51. The molecule has 0 radical (unpaired) electrons. The van der Waals surface area contributed by atoms with Gasteiger partial charge in [-0.3, -0.25) is 14.4 Å². The van der Waals surface area contributed by atoms with Crippen molar-refractivity contribution < 1.29 is 23.9 Å². The van der Waals surface area contributed by atoms with Gasteiger partial charge in [-0.1, -0.05) is 23.2 Å². The number of fused-ring (bicyclic) bond motifs is 1. The van der Waals surface area contributed by atoms with E-state index in [1.807, 2.05) is 0 Å². The molecule has 2 heterocycles.